The Kier molecular flexibility index (Phi) is 7.07. The van der Waals surface area contributed by atoms with Gasteiger partial charge in [-0.15, -0.1) is 0 Å². The summed E-state index contributed by atoms with van der Waals surface area (Å²) in [4.78, 5) is 0. The topological polar surface area (TPSA) is 9.23 Å². The molecule has 0 unspecified atom stereocenters. The third kappa shape index (κ3) is 3.54. The second kappa shape index (κ2) is 7.24. The molecule has 1 nitrogen and oxygen atoms in total. The lowest BCUT2D eigenvalue weighted by Gasteiger charge is -2.13. The number of hydrogen-bond donors (Lipinski definition) is 0. The van der Waals surface area contributed by atoms with E-state index in [-0.39, 0.29) is 0 Å². The molecule has 0 heterocycles. The lowest BCUT2D eigenvalue weighted by Crippen LogP contribution is -1.98. The summed E-state index contributed by atoms with van der Waals surface area (Å²) in [7, 11) is 0. The predicted octanol–water partition coefficient (Wildman–Crippen LogP) is 6.43. The summed E-state index contributed by atoms with van der Waals surface area (Å²) in [6.45, 7) is 3.45. The van der Waals surface area contributed by atoms with Gasteiger partial charge in [0.2, 0.25) is 0 Å². The Morgan fingerprint density at radius 3 is 1.69 bits per heavy atom. The maximum absolute atomic E-state index is 5.56. The summed E-state index contributed by atoms with van der Waals surface area (Å²) >= 11 is 17.7. The van der Waals surface area contributed by atoms with E-state index >= 15 is 0 Å². The number of benzene rings is 1. The Morgan fingerprint density at radius 1 is 0.812 bits per heavy atom. The van der Waals surface area contributed by atoms with Crippen molar-refractivity contribution >= 4 is 79.6 Å². The summed E-state index contributed by atoms with van der Waals surface area (Å²) in [5, 5.41) is 0. The fourth-order valence-corrected chi connectivity index (χ4v) is 4.45. The molecule has 0 spiro atoms. The highest BCUT2D eigenvalue weighted by Gasteiger charge is 2.17. The number of halogens is 5. The van der Waals surface area contributed by atoms with Gasteiger partial charge < -0.3 is 4.74 Å². The van der Waals surface area contributed by atoms with Crippen LogP contribution in [0, 0.1) is 0 Å². The summed E-state index contributed by atoms with van der Waals surface area (Å²) in [5.74, 6) is 0. The van der Waals surface area contributed by atoms with Crippen LogP contribution >= 0.6 is 79.6 Å². The van der Waals surface area contributed by atoms with E-state index < -0.39 is 0 Å². The van der Waals surface area contributed by atoms with E-state index in [0.29, 0.717) is 6.61 Å². The normalized spacial score (nSPS) is 10.9. The van der Waals surface area contributed by atoms with Crippen molar-refractivity contribution in [1.82, 2.24) is 0 Å². The highest BCUT2D eigenvalue weighted by Crippen LogP contribution is 2.44. The summed E-state index contributed by atoms with van der Waals surface area (Å²) in [5.41, 5.74) is 1.09. The van der Waals surface area contributed by atoms with E-state index in [0.717, 1.165) is 41.0 Å². The van der Waals surface area contributed by atoms with E-state index in [1.807, 2.05) is 0 Å². The number of rotatable bonds is 4. The molecule has 0 radical (unpaired) electrons. The molecule has 6 heteroatoms. The standard InChI is InChI=1S/C10H9Br5O/c1-2-3-16-4-5-6(11)8(13)10(15)9(14)7(5)12/h2-4H2,1H3. The molecule has 0 bridgehead atoms. The Labute approximate surface area is 137 Å². The van der Waals surface area contributed by atoms with Crippen molar-refractivity contribution in [2.75, 3.05) is 6.61 Å². The minimum Gasteiger partial charge on any atom is -0.377 e. The Bertz CT molecular complexity index is 362. The number of hydrogen-bond acceptors (Lipinski definition) is 1. The first-order valence-electron chi connectivity index (χ1n) is 4.58. The van der Waals surface area contributed by atoms with Gasteiger partial charge in [0.25, 0.3) is 0 Å². The summed E-state index contributed by atoms with van der Waals surface area (Å²) < 4.78 is 10.5. The van der Waals surface area contributed by atoms with Crippen molar-refractivity contribution < 1.29 is 4.74 Å². The molecule has 1 rings (SSSR count). The van der Waals surface area contributed by atoms with Crippen LogP contribution in [0.15, 0.2) is 22.4 Å². The fourth-order valence-electron chi connectivity index (χ4n) is 1.10. The zero-order valence-corrected chi connectivity index (χ0v) is 16.3. The van der Waals surface area contributed by atoms with Crippen LogP contribution in [0.2, 0.25) is 0 Å². The molecular weight excluding hydrogens is 536 g/mol. The average Bonchev–Trinajstić information content (AvgIpc) is 2.28. The fraction of sp³-hybridized carbons (Fsp3) is 0.400. The van der Waals surface area contributed by atoms with Crippen LogP contribution < -0.4 is 0 Å². The van der Waals surface area contributed by atoms with Gasteiger partial charge in [-0.05, 0) is 86.1 Å². The maximum atomic E-state index is 5.56. The first-order chi connectivity index (χ1) is 7.50. The molecule has 0 amide bonds. The first kappa shape index (κ1) is 15.6. The van der Waals surface area contributed by atoms with E-state index in [1.165, 1.54) is 0 Å². The number of ether oxygens (including phenoxy) is 1. The van der Waals surface area contributed by atoms with Gasteiger partial charge >= 0.3 is 0 Å². The van der Waals surface area contributed by atoms with Crippen LogP contribution in [0.5, 0.6) is 0 Å². The van der Waals surface area contributed by atoms with Crippen molar-refractivity contribution in [1.29, 1.82) is 0 Å². The van der Waals surface area contributed by atoms with Gasteiger partial charge in [-0.25, -0.2) is 0 Å². The molecule has 1 aromatic carbocycles. The lowest BCUT2D eigenvalue weighted by molar-refractivity contribution is 0.120. The van der Waals surface area contributed by atoms with Gasteiger partial charge in [-0.2, -0.15) is 0 Å². The van der Waals surface area contributed by atoms with E-state index in [9.17, 15) is 0 Å². The Balaban J connectivity index is 3.08. The van der Waals surface area contributed by atoms with E-state index in [4.69, 9.17) is 4.74 Å². The highest BCUT2D eigenvalue weighted by atomic mass is 79.9. The zero-order valence-electron chi connectivity index (χ0n) is 8.42. The van der Waals surface area contributed by atoms with Gasteiger partial charge in [0.1, 0.15) is 0 Å². The van der Waals surface area contributed by atoms with Gasteiger partial charge in [0.15, 0.2) is 0 Å². The second-order valence-electron chi connectivity index (χ2n) is 3.10. The van der Waals surface area contributed by atoms with Crippen LogP contribution in [0.25, 0.3) is 0 Å². The predicted molar refractivity (Wildman–Crippen MR) is 84.9 cm³/mol. The van der Waals surface area contributed by atoms with E-state index in [2.05, 4.69) is 86.6 Å². The molecule has 0 saturated heterocycles. The molecule has 0 saturated carbocycles. The van der Waals surface area contributed by atoms with Crippen LogP contribution in [0.3, 0.4) is 0 Å². The van der Waals surface area contributed by atoms with Gasteiger partial charge in [0, 0.05) is 34.5 Å². The third-order valence-electron chi connectivity index (χ3n) is 1.90. The summed E-state index contributed by atoms with van der Waals surface area (Å²) in [6, 6.07) is 0. The maximum Gasteiger partial charge on any atom is 0.0739 e. The molecule has 0 fully saturated rings. The Hall–Kier alpha value is 1.58. The first-order valence-corrected chi connectivity index (χ1v) is 8.55. The molecule has 90 valence electrons. The van der Waals surface area contributed by atoms with E-state index in [1.54, 1.807) is 0 Å². The van der Waals surface area contributed by atoms with Crippen LogP contribution in [0.4, 0.5) is 0 Å². The summed E-state index contributed by atoms with van der Waals surface area (Å²) in [6.07, 6.45) is 1.02. The average molecular weight is 545 g/mol. The molecule has 0 N–H and O–H groups in total. The largest absolute Gasteiger partial charge is 0.377 e. The van der Waals surface area contributed by atoms with Crippen molar-refractivity contribution in [3.63, 3.8) is 0 Å². The molecule has 0 aliphatic carbocycles. The van der Waals surface area contributed by atoms with Crippen molar-refractivity contribution in [2.24, 2.45) is 0 Å². The minimum absolute atomic E-state index is 0.583. The monoisotopic (exact) mass is 540 g/mol. The SMILES string of the molecule is CCCOCc1c(Br)c(Br)c(Br)c(Br)c1Br. The van der Waals surface area contributed by atoms with Crippen molar-refractivity contribution in [2.45, 2.75) is 20.0 Å². The molecule has 0 atom stereocenters. The molecule has 0 aromatic heterocycles. The van der Waals surface area contributed by atoms with Crippen LogP contribution in [-0.4, -0.2) is 6.61 Å². The quantitative estimate of drug-likeness (QED) is 0.241. The van der Waals surface area contributed by atoms with Gasteiger partial charge in [-0.3, -0.25) is 0 Å². The van der Waals surface area contributed by atoms with Crippen LogP contribution in [-0.2, 0) is 11.3 Å². The Morgan fingerprint density at radius 2 is 1.25 bits per heavy atom. The molecule has 1 aromatic rings. The molecule has 16 heavy (non-hydrogen) atoms. The molecule has 0 aliphatic heterocycles. The van der Waals surface area contributed by atoms with Crippen molar-refractivity contribution in [3.05, 3.63) is 27.9 Å². The molecular formula is C10H9Br5O. The zero-order chi connectivity index (χ0) is 12.3. The van der Waals surface area contributed by atoms with Crippen molar-refractivity contribution in [3.8, 4) is 0 Å². The lowest BCUT2D eigenvalue weighted by atomic mass is 10.2. The van der Waals surface area contributed by atoms with Gasteiger partial charge in [-0.1, -0.05) is 6.92 Å². The second-order valence-corrected chi connectivity index (χ2v) is 7.07. The minimum atomic E-state index is 0.583. The third-order valence-corrected chi connectivity index (χ3v) is 8.15. The van der Waals surface area contributed by atoms with Crippen LogP contribution in [0.1, 0.15) is 18.9 Å². The smallest absolute Gasteiger partial charge is 0.0739 e. The van der Waals surface area contributed by atoms with Gasteiger partial charge in [0.05, 0.1) is 6.61 Å². The molecule has 0 aliphatic rings. The highest BCUT2D eigenvalue weighted by molar-refractivity contribution is 9.15.